The minimum Gasteiger partial charge on any atom is -0.484 e. The average molecular weight is 308 g/mol. The second-order valence-corrected chi connectivity index (χ2v) is 5.57. The Balaban J connectivity index is 1.50. The quantitative estimate of drug-likeness (QED) is 0.760. The lowest BCUT2D eigenvalue weighted by atomic mass is 10.1. The van der Waals surface area contributed by atoms with E-state index in [0.29, 0.717) is 12.3 Å². The van der Waals surface area contributed by atoms with Crippen molar-refractivity contribution in [1.82, 2.24) is 9.88 Å². The van der Waals surface area contributed by atoms with Gasteiger partial charge in [0.15, 0.2) is 6.61 Å². The van der Waals surface area contributed by atoms with Gasteiger partial charge in [-0.15, -0.1) is 0 Å². The number of amides is 1. The van der Waals surface area contributed by atoms with Gasteiger partial charge in [-0.05, 0) is 36.2 Å². The topological polar surface area (TPSA) is 45.3 Å². The van der Waals surface area contributed by atoms with Crippen LogP contribution in [0.5, 0.6) is 5.75 Å². The highest BCUT2D eigenvalue weighted by Gasteiger charge is 2.10. The summed E-state index contributed by atoms with van der Waals surface area (Å²) in [5.41, 5.74) is 2.29. The van der Waals surface area contributed by atoms with Gasteiger partial charge < -0.3 is 14.6 Å². The molecule has 0 saturated carbocycles. The standard InChI is InChI=1S/C19H20N2O2/c1-21(12-10-15-5-3-2-4-6-15)19(22)14-23-17-7-8-18-16(13-17)9-11-20-18/h2-9,11,13,20H,10,12,14H2,1H3. The number of carbonyl (C=O) groups excluding carboxylic acids is 1. The van der Waals surface area contributed by atoms with E-state index in [1.165, 1.54) is 5.56 Å². The maximum Gasteiger partial charge on any atom is 0.260 e. The van der Waals surface area contributed by atoms with E-state index in [4.69, 9.17) is 4.74 Å². The molecule has 0 spiro atoms. The highest BCUT2D eigenvalue weighted by molar-refractivity contribution is 5.81. The number of ether oxygens (including phenoxy) is 1. The van der Waals surface area contributed by atoms with Crippen molar-refractivity contribution in [1.29, 1.82) is 0 Å². The second kappa shape index (κ2) is 7.01. The Bertz CT molecular complexity index is 780. The van der Waals surface area contributed by atoms with Gasteiger partial charge in [0.1, 0.15) is 5.75 Å². The Morgan fingerprint density at radius 3 is 2.78 bits per heavy atom. The van der Waals surface area contributed by atoms with E-state index >= 15 is 0 Å². The number of carbonyl (C=O) groups is 1. The minimum atomic E-state index is -0.0184. The van der Waals surface area contributed by atoms with Gasteiger partial charge in [0, 0.05) is 30.7 Å². The molecular formula is C19H20N2O2. The van der Waals surface area contributed by atoms with E-state index in [1.807, 2.05) is 55.7 Å². The molecule has 0 atom stereocenters. The fraction of sp³-hybridized carbons (Fsp3) is 0.211. The molecule has 4 nitrogen and oxygen atoms in total. The lowest BCUT2D eigenvalue weighted by molar-refractivity contribution is -0.132. The molecule has 0 saturated heterocycles. The molecule has 23 heavy (non-hydrogen) atoms. The molecule has 1 amide bonds. The Morgan fingerprint density at radius 2 is 1.96 bits per heavy atom. The summed E-state index contributed by atoms with van der Waals surface area (Å²) in [6.45, 7) is 0.740. The molecule has 0 radical (unpaired) electrons. The molecule has 0 aliphatic heterocycles. The van der Waals surface area contributed by atoms with Crippen molar-refractivity contribution in [2.24, 2.45) is 0 Å². The molecule has 1 aromatic heterocycles. The van der Waals surface area contributed by atoms with E-state index < -0.39 is 0 Å². The van der Waals surface area contributed by atoms with Crippen molar-refractivity contribution < 1.29 is 9.53 Å². The Labute approximate surface area is 135 Å². The van der Waals surface area contributed by atoms with Crippen molar-refractivity contribution >= 4 is 16.8 Å². The predicted octanol–water partition coefficient (Wildman–Crippen LogP) is 3.25. The number of hydrogen-bond donors (Lipinski definition) is 1. The summed E-state index contributed by atoms with van der Waals surface area (Å²) in [7, 11) is 1.81. The van der Waals surface area contributed by atoms with Crippen molar-refractivity contribution in [3.05, 3.63) is 66.4 Å². The van der Waals surface area contributed by atoms with Gasteiger partial charge in [-0.3, -0.25) is 4.79 Å². The fourth-order valence-electron chi connectivity index (χ4n) is 2.44. The highest BCUT2D eigenvalue weighted by Crippen LogP contribution is 2.19. The van der Waals surface area contributed by atoms with Crippen LogP contribution in [0.4, 0.5) is 0 Å². The van der Waals surface area contributed by atoms with Crippen LogP contribution in [-0.4, -0.2) is 36.0 Å². The van der Waals surface area contributed by atoms with Crippen molar-refractivity contribution in [3.63, 3.8) is 0 Å². The van der Waals surface area contributed by atoms with E-state index in [1.54, 1.807) is 4.90 Å². The zero-order chi connectivity index (χ0) is 16.1. The third kappa shape index (κ3) is 3.92. The molecule has 0 aliphatic rings. The van der Waals surface area contributed by atoms with Crippen LogP contribution in [0.1, 0.15) is 5.56 Å². The van der Waals surface area contributed by atoms with Crippen LogP contribution in [0.3, 0.4) is 0 Å². The summed E-state index contributed by atoms with van der Waals surface area (Å²) >= 11 is 0. The molecule has 118 valence electrons. The lowest BCUT2D eigenvalue weighted by Crippen LogP contribution is -2.33. The molecule has 4 heteroatoms. The van der Waals surface area contributed by atoms with Crippen LogP contribution in [0, 0.1) is 0 Å². The van der Waals surface area contributed by atoms with Crippen LogP contribution in [-0.2, 0) is 11.2 Å². The molecule has 3 aromatic rings. The molecule has 0 unspecified atom stereocenters. The molecule has 1 heterocycles. The molecule has 2 aromatic carbocycles. The molecule has 3 rings (SSSR count). The molecular weight excluding hydrogens is 288 g/mol. The number of H-pyrrole nitrogens is 1. The normalized spacial score (nSPS) is 10.7. The van der Waals surface area contributed by atoms with Gasteiger partial charge in [0.2, 0.25) is 0 Å². The SMILES string of the molecule is CN(CCc1ccccc1)C(=O)COc1ccc2[nH]ccc2c1. The molecule has 0 aliphatic carbocycles. The maximum absolute atomic E-state index is 12.1. The first-order valence-electron chi connectivity index (χ1n) is 7.70. The van der Waals surface area contributed by atoms with Gasteiger partial charge in [-0.2, -0.15) is 0 Å². The first kappa shape index (κ1) is 15.2. The first-order valence-corrected chi connectivity index (χ1v) is 7.70. The summed E-state index contributed by atoms with van der Waals surface area (Å²) in [5, 5.41) is 1.08. The predicted molar refractivity (Wildman–Crippen MR) is 91.6 cm³/mol. The zero-order valence-electron chi connectivity index (χ0n) is 13.2. The minimum absolute atomic E-state index is 0.0184. The van der Waals surface area contributed by atoms with Gasteiger partial charge in [0.05, 0.1) is 0 Å². The summed E-state index contributed by atoms with van der Waals surface area (Å²) in [4.78, 5) is 17.0. The summed E-state index contributed by atoms with van der Waals surface area (Å²) in [5.74, 6) is 0.692. The molecule has 0 fully saturated rings. The summed E-state index contributed by atoms with van der Waals surface area (Å²) in [6, 6.07) is 17.9. The van der Waals surface area contributed by atoms with Gasteiger partial charge >= 0.3 is 0 Å². The van der Waals surface area contributed by atoms with Gasteiger partial charge in [-0.25, -0.2) is 0 Å². The van der Waals surface area contributed by atoms with Crippen molar-refractivity contribution in [2.75, 3.05) is 20.2 Å². The lowest BCUT2D eigenvalue weighted by Gasteiger charge is -2.17. The Hall–Kier alpha value is -2.75. The van der Waals surface area contributed by atoms with Crippen molar-refractivity contribution in [3.8, 4) is 5.75 Å². The summed E-state index contributed by atoms with van der Waals surface area (Å²) < 4.78 is 5.61. The third-order valence-corrected chi connectivity index (χ3v) is 3.89. The fourth-order valence-corrected chi connectivity index (χ4v) is 2.44. The van der Waals surface area contributed by atoms with Gasteiger partial charge in [0.25, 0.3) is 5.91 Å². The maximum atomic E-state index is 12.1. The van der Waals surface area contributed by atoms with Gasteiger partial charge in [-0.1, -0.05) is 30.3 Å². The number of aromatic amines is 1. The monoisotopic (exact) mass is 308 g/mol. The largest absolute Gasteiger partial charge is 0.484 e. The third-order valence-electron chi connectivity index (χ3n) is 3.89. The molecule has 1 N–H and O–H groups in total. The number of hydrogen-bond acceptors (Lipinski definition) is 2. The Kier molecular flexibility index (Phi) is 4.62. The van der Waals surface area contributed by atoms with Crippen LogP contribution in [0.15, 0.2) is 60.8 Å². The van der Waals surface area contributed by atoms with Crippen LogP contribution in [0.2, 0.25) is 0 Å². The smallest absolute Gasteiger partial charge is 0.260 e. The highest BCUT2D eigenvalue weighted by atomic mass is 16.5. The van der Waals surface area contributed by atoms with E-state index in [9.17, 15) is 4.79 Å². The number of fused-ring (bicyclic) bond motifs is 1. The summed E-state index contributed by atoms with van der Waals surface area (Å²) in [6.07, 6.45) is 2.73. The second-order valence-electron chi connectivity index (χ2n) is 5.57. The van der Waals surface area contributed by atoms with E-state index in [-0.39, 0.29) is 12.5 Å². The van der Waals surface area contributed by atoms with Crippen molar-refractivity contribution in [2.45, 2.75) is 6.42 Å². The number of nitrogens with one attached hydrogen (secondary N) is 1. The number of aromatic nitrogens is 1. The Morgan fingerprint density at radius 1 is 1.13 bits per heavy atom. The van der Waals surface area contributed by atoms with Crippen LogP contribution >= 0.6 is 0 Å². The number of likely N-dealkylation sites (N-methyl/N-ethyl adjacent to an activating group) is 1. The number of rotatable bonds is 6. The average Bonchev–Trinajstić information content (AvgIpc) is 3.06. The molecule has 0 bridgehead atoms. The zero-order valence-corrected chi connectivity index (χ0v) is 13.2. The van der Waals surface area contributed by atoms with E-state index in [0.717, 1.165) is 17.3 Å². The number of nitrogens with zero attached hydrogens (tertiary/aromatic N) is 1. The van der Waals surface area contributed by atoms with Crippen LogP contribution in [0.25, 0.3) is 10.9 Å². The number of benzene rings is 2. The van der Waals surface area contributed by atoms with Crippen LogP contribution < -0.4 is 4.74 Å². The van der Waals surface area contributed by atoms with E-state index in [2.05, 4.69) is 17.1 Å². The first-order chi connectivity index (χ1) is 11.2.